The van der Waals surface area contributed by atoms with Gasteiger partial charge in [0.2, 0.25) is 0 Å². The molecule has 2 fully saturated rings. The first kappa shape index (κ1) is 11.5. The lowest BCUT2D eigenvalue weighted by molar-refractivity contribution is 0.0698. The maximum absolute atomic E-state index is 12.7. The summed E-state index contributed by atoms with van der Waals surface area (Å²) in [4.78, 5) is 14.8. The molecule has 3 heterocycles. The Kier molecular flexibility index (Phi) is 2.45. The summed E-state index contributed by atoms with van der Waals surface area (Å²) in [5, 5.41) is 7.86. The van der Waals surface area contributed by atoms with Gasteiger partial charge in [-0.2, -0.15) is 5.10 Å². The summed E-state index contributed by atoms with van der Waals surface area (Å²) in [7, 11) is 1.96. The number of likely N-dealkylation sites (tertiary alicyclic amines) is 1. The minimum atomic E-state index is 0.160. The van der Waals surface area contributed by atoms with Gasteiger partial charge in [-0.05, 0) is 25.2 Å². The summed E-state index contributed by atoms with van der Waals surface area (Å²) in [6.07, 6.45) is 4.63. The molecule has 2 atom stereocenters. The topological polar surface area (TPSA) is 50.2 Å². The molecule has 102 valence electrons. The van der Waals surface area contributed by atoms with Crippen molar-refractivity contribution in [2.75, 3.05) is 13.1 Å². The van der Waals surface area contributed by atoms with E-state index in [1.165, 1.54) is 18.5 Å². The van der Waals surface area contributed by atoms with Crippen molar-refractivity contribution in [3.8, 4) is 0 Å². The first-order chi connectivity index (χ1) is 9.25. The lowest BCUT2D eigenvalue weighted by Gasteiger charge is -2.26. The Morgan fingerprint density at radius 3 is 3.26 bits per heavy atom. The number of rotatable bonds is 1. The fourth-order valence-electron chi connectivity index (χ4n) is 3.69. The van der Waals surface area contributed by atoms with Gasteiger partial charge in [0.25, 0.3) is 5.91 Å². The quantitative estimate of drug-likeness (QED) is 0.808. The summed E-state index contributed by atoms with van der Waals surface area (Å²) < 4.78 is 1.90. The highest BCUT2D eigenvalue weighted by atomic mass is 16.2. The maximum atomic E-state index is 12.7. The van der Waals surface area contributed by atoms with E-state index in [1.54, 1.807) is 0 Å². The van der Waals surface area contributed by atoms with E-state index in [0.717, 1.165) is 44.0 Å². The Hall–Kier alpha value is -1.36. The largest absolute Gasteiger partial charge is 0.334 e. The Bertz CT molecular complexity index is 536. The van der Waals surface area contributed by atoms with Crippen molar-refractivity contribution < 1.29 is 4.79 Å². The van der Waals surface area contributed by atoms with Gasteiger partial charge in [0.05, 0.1) is 0 Å². The molecular formula is C14H20N4O. The van der Waals surface area contributed by atoms with Gasteiger partial charge < -0.3 is 10.2 Å². The Labute approximate surface area is 113 Å². The zero-order valence-corrected chi connectivity index (χ0v) is 11.4. The number of fused-ring (bicyclic) bond motifs is 2. The van der Waals surface area contributed by atoms with Crippen molar-refractivity contribution >= 4 is 5.91 Å². The van der Waals surface area contributed by atoms with E-state index >= 15 is 0 Å². The van der Waals surface area contributed by atoms with Crippen LogP contribution in [0.5, 0.6) is 0 Å². The fraction of sp³-hybridized carbons (Fsp3) is 0.714. The molecule has 1 N–H and O–H groups in total. The minimum Gasteiger partial charge on any atom is -0.334 e. The van der Waals surface area contributed by atoms with E-state index in [9.17, 15) is 4.79 Å². The lowest BCUT2D eigenvalue weighted by Crippen LogP contribution is -2.38. The monoisotopic (exact) mass is 260 g/mol. The number of carbonyl (C=O) groups is 1. The van der Waals surface area contributed by atoms with Crippen LogP contribution in [0.1, 0.15) is 41.0 Å². The van der Waals surface area contributed by atoms with Crippen LogP contribution in [0.4, 0.5) is 0 Å². The van der Waals surface area contributed by atoms with Crippen LogP contribution in [0.25, 0.3) is 0 Å². The smallest absolute Gasteiger partial charge is 0.274 e. The minimum absolute atomic E-state index is 0.160. The van der Waals surface area contributed by atoms with Crippen molar-refractivity contribution in [1.82, 2.24) is 20.0 Å². The van der Waals surface area contributed by atoms with Gasteiger partial charge in [0, 0.05) is 50.4 Å². The molecule has 0 bridgehead atoms. The third kappa shape index (κ3) is 1.71. The number of aromatic nitrogens is 2. The molecule has 1 aromatic rings. The molecule has 0 spiro atoms. The Balaban J connectivity index is 1.66. The second-order valence-electron chi connectivity index (χ2n) is 6.03. The summed E-state index contributed by atoms with van der Waals surface area (Å²) >= 11 is 0. The molecule has 5 heteroatoms. The zero-order chi connectivity index (χ0) is 13.0. The third-order valence-corrected chi connectivity index (χ3v) is 4.84. The van der Waals surface area contributed by atoms with Gasteiger partial charge in [0.15, 0.2) is 5.69 Å². The van der Waals surface area contributed by atoms with Gasteiger partial charge in [-0.1, -0.05) is 0 Å². The highest BCUT2D eigenvalue weighted by Crippen LogP contribution is 2.43. The fourth-order valence-corrected chi connectivity index (χ4v) is 3.69. The van der Waals surface area contributed by atoms with Crippen LogP contribution in [0, 0.1) is 5.92 Å². The number of nitrogens with zero attached hydrogens (tertiary/aromatic N) is 3. The molecule has 3 aliphatic rings. The molecule has 1 saturated carbocycles. The zero-order valence-electron chi connectivity index (χ0n) is 11.4. The molecule has 1 saturated heterocycles. The highest BCUT2D eigenvalue weighted by molar-refractivity contribution is 5.94. The highest BCUT2D eigenvalue weighted by Gasteiger charge is 2.47. The number of hydrogen-bond donors (Lipinski definition) is 1. The van der Waals surface area contributed by atoms with E-state index in [4.69, 9.17) is 0 Å². The number of piperidine rings is 1. The SMILES string of the molecule is Cn1nc(C(=O)N2CCCC3CC32)c2c1CCNC2. The average molecular weight is 260 g/mol. The molecule has 5 nitrogen and oxygen atoms in total. The van der Waals surface area contributed by atoms with Crippen molar-refractivity contribution in [1.29, 1.82) is 0 Å². The number of carbonyl (C=O) groups excluding carboxylic acids is 1. The van der Waals surface area contributed by atoms with Gasteiger partial charge in [0.1, 0.15) is 0 Å². The van der Waals surface area contributed by atoms with Crippen molar-refractivity contribution in [3.63, 3.8) is 0 Å². The van der Waals surface area contributed by atoms with E-state index < -0.39 is 0 Å². The van der Waals surface area contributed by atoms with Crippen LogP contribution in [-0.2, 0) is 20.0 Å². The van der Waals surface area contributed by atoms with Gasteiger partial charge in [-0.15, -0.1) is 0 Å². The van der Waals surface area contributed by atoms with E-state index in [1.807, 2.05) is 11.7 Å². The molecule has 1 amide bonds. The lowest BCUT2D eigenvalue weighted by atomic mass is 10.1. The predicted molar refractivity (Wildman–Crippen MR) is 70.8 cm³/mol. The number of amides is 1. The number of nitrogens with one attached hydrogen (secondary N) is 1. The molecule has 2 unspecified atom stereocenters. The molecule has 2 aliphatic heterocycles. The summed E-state index contributed by atoms with van der Waals surface area (Å²) in [5.41, 5.74) is 3.05. The molecule has 4 rings (SSSR count). The normalized spacial score (nSPS) is 28.8. The molecule has 1 aromatic heterocycles. The summed E-state index contributed by atoms with van der Waals surface area (Å²) in [5.74, 6) is 0.933. The van der Waals surface area contributed by atoms with Crippen LogP contribution < -0.4 is 5.32 Å². The molecule has 0 radical (unpaired) electrons. The van der Waals surface area contributed by atoms with E-state index in [0.29, 0.717) is 11.7 Å². The number of aryl methyl sites for hydroxylation is 1. The summed E-state index contributed by atoms with van der Waals surface area (Å²) in [6.45, 7) is 2.68. The van der Waals surface area contributed by atoms with Crippen molar-refractivity contribution in [3.05, 3.63) is 17.0 Å². The van der Waals surface area contributed by atoms with E-state index in [2.05, 4.69) is 15.3 Å². The first-order valence-corrected chi connectivity index (χ1v) is 7.32. The van der Waals surface area contributed by atoms with Crippen LogP contribution in [-0.4, -0.2) is 39.7 Å². The summed E-state index contributed by atoms with van der Waals surface area (Å²) in [6, 6.07) is 0.510. The third-order valence-electron chi connectivity index (χ3n) is 4.84. The molecule has 0 aromatic carbocycles. The van der Waals surface area contributed by atoms with Gasteiger partial charge >= 0.3 is 0 Å². The first-order valence-electron chi connectivity index (χ1n) is 7.32. The van der Waals surface area contributed by atoms with Crippen LogP contribution in [0.3, 0.4) is 0 Å². The standard InChI is InChI=1S/C14H20N4O/c1-17-11-4-5-15-8-10(11)13(16-17)14(19)18-6-2-3-9-7-12(9)18/h9,12,15H,2-8H2,1H3. The van der Waals surface area contributed by atoms with E-state index in [-0.39, 0.29) is 5.91 Å². The maximum Gasteiger partial charge on any atom is 0.274 e. The van der Waals surface area contributed by atoms with Crippen molar-refractivity contribution in [2.45, 2.75) is 38.3 Å². The molecular weight excluding hydrogens is 240 g/mol. The van der Waals surface area contributed by atoms with Crippen LogP contribution in [0.15, 0.2) is 0 Å². The average Bonchev–Trinajstić information content (AvgIpc) is 3.16. The molecule has 19 heavy (non-hydrogen) atoms. The second kappa shape index (κ2) is 4.07. The number of hydrogen-bond acceptors (Lipinski definition) is 3. The Morgan fingerprint density at radius 1 is 1.47 bits per heavy atom. The predicted octanol–water partition coefficient (Wildman–Crippen LogP) is 0.690. The van der Waals surface area contributed by atoms with Crippen LogP contribution >= 0.6 is 0 Å². The molecule has 1 aliphatic carbocycles. The van der Waals surface area contributed by atoms with Crippen LogP contribution in [0.2, 0.25) is 0 Å². The van der Waals surface area contributed by atoms with Gasteiger partial charge in [-0.3, -0.25) is 9.48 Å². The van der Waals surface area contributed by atoms with Gasteiger partial charge in [-0.25, -0.2) is 0 Å². The Morgan fingerprint density at radius 2 is 2.37 bits per heavy atom. The van der Waals surface area contributed by atoms with Crippen molar-refractivity contribution in [2.24, 2.45) is 13.0 Å². The second-order valence-corrected chi connectivity index (χ2v) is 6.03.